The second kappa shape index (κ2) is 18.9. The zero-order valence-corrected chi connectivity index (χ0v) is 52.0. The number of furan rings is 1. The summed E-state index contributed by atoms with van der Waals surface area (Å²) >= 11 is 0. The number of benzene rings is 8. The van der Waals surface area contributed by atoms with E-state index in [-0.39, 0.29) is 37.9 Å². The number of hydrogen-bond donors (Lipinski definition) is 0. The Hall–Kier alpha value is -6.84. The second-order valence-electron chi connectivity index (χ2n) is 29.9. The van der Waals surface area contributed by atoms with Crippen LogP contribution in [-0.2, 0) is 37.9 Å². The molecule has 0 fully saturated rings. The zero-order valence-electron chi connectivity index (χ0n) is 52.0. The van der Waals surface area contributed by atoms with Crippen LogP contribution in [0, 0.1) is 13.8 Å². The Kier molecular flexibility index (Phi) is 12.7. The van der Waals surface area contributed by atoms with Crippen molar-refractivity contribution in [1.29, 1.82) is 0 Å². The van der Waals surface area contributed by atoms with Gasteiger partial charge in [-0.25, -0.2) is 0 Å². The third-order valence-electron chi connectivity index (χ3n) is 20.3. The number of anilines is 6. The highest BCUT2D eigenvalue weighted by Gasteiger charge is 2.41. The summed E-state index contributed by atoms with van der Waals surface area (Å²) in [6.45, 7) is 40.9. The molecule has 3 aliphatic rings. The Labute approximate surface area is 485 Å². The Balaban J connectivity index is 1.22. The molecule has 0 unspecified atom stereocenters. The average Bonchev–Trinajstić information content (AvgIpc) is 3.97. The summed E-state index contributed by atoms with van der Waals surface area (Å²) in [6, 6.07) is 59.1. The highest BCUT2D eigenvalue weighted by atomic mass is 16.3. The molecule has 9 aromatic rings. The van der Waals surface area contributed by atoms with Gasteiger partial charge in [-0.05, 0) is 236 Å². The lowest BCUT2D eigenvalue weighted by Gasteiger charge is -2.43. The first-order chi connectivity index (χ1) is 38.0. The van der Waals surface area contributed by atoms with Crippen LogP contribution in [0.3, 0.4) is 0 Å². The van der Waals surface area contributed by atoms with Crippen molar-refractivity contribution in [2.24, 2.45) is 0 Å². The van der Waals surface area contributed by atoms with Crippen LogP contribution in [-0.4, -0.2) is 0 Å². The fourth-order valence-corrected chi connectivity index (χ4v) is 14.7. The molecule has 0 spiro atoms. The predicted molar refractivity (Wildman–Crippen MR) is 348 cm³/mol. The number of nitrogens with zero attached hydrogens (tertiary/aromatic N) is 2. The summed E-state index contributed by atoms with van der Waals surface area (Å²) in [5.41, 5.74) is 26.0. The summed E-state index contributed by atoms with van der Waals surface area (Å²) in [5.74, 6) is 0. The Morgan fingerprint density at radius 3 is 1.38 bits per heavy atom. The van der Waals surface area contributed by atoms with Gasteiger partial charge in [-0.1, -0.05) is 177 Å². The van der Waals surface area contributed by atoms with E-state index >= 15 is 0 Å². The van der Waals surface area contributed by atoms with E-state index in [1.165, 1.54) is 96.5 Å². The molecular formula is C78H88N2O. The quantitative estimate of drug-likeness (QED) is 0.151. The van der Waals surface area contributed by atoms with Gasteiger partial charge in [0, 0.05) is 33.7 Å². The molecule has 0 atom stereocenters. The smallest absolute Gasteiger partial charge is 0.137 e. The van der Waals surface area contributed by atoms with Gasteiger partial charge in [-0.15, -0.1) is 0 Å². The van der Waals surface area contributed by atoms with Gasteiger partial charge in [-0.3, -0.25) is 0 Å². The lowest BCUT2D eigenvalue weighted by molar-refractivity contribution is 0.332. The van der Waals surface area contributed by atoms with Crippen molar-refractivity contribution in [3.05, 3.63) is 202 Å². The Bertz CT molecular complexity index is 3860. The van der Waals surface area contributed by atoms with E-state index in [0.717, 1.165) is 70.4 Å². The Morgan fingerprint density at radius 1 is 0.370 bits per heavy atom. The normalized spacial score (nSPS) is 18.2. The average molecular weight is 1070 g/mol. The van der Waals surface area contributed by atoms with E-state index in [1.807, 2.05) is 0 Å². The second-order valence-corrected chi connectivity index (χ2v) is 29.9. The van der Waals surface area contributed by atoms with Crippen LogP contribution in [0.1, 0.15) is 192 Å². The fraction of sp³-hybridized carbons (Fsp3) is 0.385. The van der Waals surface area contributed by atoms with Gasteiger partial charge in [0.1, 0.15) is 11.2 Å². The number of rotatable bonds is 8. The molecule has 3 heteroatoms. The van der Waals surface area contributed by atoms with Crippen LogP contribution in [0.2, 0.25) is 0 Å². The van der Waals surface area contributed by atoms with Gasteiger partial charge in [-0.2, -0.15) is 0 Å². The third kappa shape index (κ3) is 9.34. The van der Waals surface area contributed by atoms with E-state index in [4.69, 9.17) is 4.42 Å². The molecule has 416 valence electrons. The van der Waals surface area contributed by atoms with Gasteiger partial charge in [0.25, 0.3) is 0 Å². The minimum Gasteiger partial charge on any atom is -0.456 e. The molecule has 0 aliphatic heterocycles. The van der Waals surface area contributed by atoms with Gasteiger partial charge >= 0.3 is 0 Å². The van der Waals surface area contributed by atoms with E-state index in [0.29, 0.717) is 0 Å². The summed E-state index contributed by atoms with van der Waals surface area (Å²) < 4.78 is 7.14. The standard InChI is InChI=1S/C78H88N2O/c1-49-23-21-24-50(2)70(49)52-41-56(79(54-30-32-60-62(45-54)75(10,11)37-35-73(60,6)7)55-31-33-61-63(46-55)76(12,13)38-36-74(61,8)9)44-57(42-52)80(66-34-29-53(72(3,4)5)43-58(66)51-25-19-18-20-26-51)67-27-22-28-68-71(67)59-47-64-65(48-69(59)81-68)78(16,17)40-39-77(64,14)15/h18-34,41-48H,35-40H2,1-17H3. The number of hydrogen-bond acceptors (Lipinski definition) is 3. The van der Waals surface area contributed by atoms with E-state index in [9.17, 15) is 0 Å². The van der Waals surface area contributed by atoms with Crippen molar-refractivity contribution in [3.63, 3.8) is 0 Å². The van der Waals surface area contributed by atoms with Crippen molar-refractivity contribution in [3.8, 4) is 22.3 Å². The molecule has 12 rings (SSSR count). The third-order valence-corrected chi connectivity index (χ3v) is 20.3. The molecule has 3 nitrogen and oxygen atoms in total. The monoisotopic (exact) mass is 1070 g/mol. The summed E-state index contributed by atoms with van der Waals surface area (Å²) in [6.07, 6.45) is 6.90. The minimum atomic E-state index is -0.0827. The van der Waals surface area contributed by atoms with Crippen LogP contribution in [0.25, 0.3) is 44.2 Å². The molecule has 0 bridgehead atoms. The maximum absolute atomic E-state index is 7.14. The van der Waals surface area contributed by atoms with Crippen LogP contribution in [0.4, 0.5) is 34.1 Å². The lowest BCUT2D eigenvalue weighted by Crippen LogP contribution is -2.34. The van der Waals surface area contributed by atoms with E-state index in [2.05, 4.69) is 279 Å². The Morgan fingerprint density at radius 2 is 0.852 bits per heavy atom. The molecule has 0 amide bonds. The molecule has 0 N–H and O–H groups in total. The van der Waals surface area contributed by atoms with Crippen LogP contribution < -0.4 is 9.80 Å². The molecule has 3 aliphatic carbocycles. The first-order valence-corrected chi connectivity index (χ1v) is 30.4. The first-order valence-electron chi connectivity index (χ1n) is 30.4. The van der Waals surface area contributed by atoms with Gasteiger partial charge in [0.2, 0.25) is 0 Å². The van der Waals surface area contributed by atoms with E-state index < -0.39 is 0 Å². The number of fused-ring (bicyclic) bond motifs is 6. The fourth-order valence-electron chi connectivity index (χ4n) is 14.7. The molecule has 1 heterocycles. The molecule has 8 aromatic carbocycles. The summed E-state index contributed by atoms with van der Waals surface area (Å²) in [4.78, 5) is 5.20. The van der Waals surface area contributed by atoms with Crippen molar-refractivity contribution < 1.29 is 4.42 Å². The molecule has 0 saturated heterocycles. The molecule has 81 heavy (non-hydrogen) atoms. The van der Waals surface area contributed by atoms with E-state index in [1.54, 1.807) is 0 Å². The molecule has 0 saturated carbocycles. The molecular weight excluding hydrogens is 981 g/mol. The number of aryl methyl sites for hydroxylation is 2. The van der Waals surface area contributed by atoms with Crippen molar-refractivity contribution in [1.82, 2.24) is 0 Å². The van der Waals surface area contributed by atoms with Gasteiger partial charge < -0.3 is 14.2 Å². The van der Waals surface area contributed by atoms with Crippen molar-refractivity contribution >= 4 is 56.1 Å². The maximum Gasteiger partial charge on any atom is 0.137 e. The van der Waals surface area contributed by atoms with Crippen molar-refractivity contribution in [2.75, 3.05) is 9.80 Å². The largest absolute Gasteiger partial charge is 0.456 e. The zero-order chi connectivity index (χ0) is 57.6. The van der Waals surface area contributed by atoms with Gasteiger partial charge in [0.15, 0.2) is 0 Å². The van der Waals surface area contributed by atoms with Gasteiger partial charge in [0.05, 0.1) is 16.8 Å². The van der Waals surface area contributed by atoms with Crippen LogP contribution >= 0.6 is 0 Å². The highest BCUT2D eigenvalue weighted by molar-refractivity contribution is 6.14. The van der Waals surface area contributed by atoms with Crippen LogP contribution in [0.15, 0.2) is 156 Å². The lowest BCUT2D eigenvalue weighted by atomic mass is 9.63. The summed E-state index contributed by atoms with van der Waals surface area (Å²) in [5, 5.41) is 2.29. The first kappa shape index (κ1) is 54.7. The predicted octanol–water partition coefficient (Wildman–Crippen LogP) is 22.8. The highest BCUT2D eigenvalue weighted by Crippen LogP contribution is 2.55. The molecule has 1 aromatic heterocycles. The maximum atomic E-state index is 7.14. The molecule has 0 radical (unpaired) electrons. The summed E-state index contributed by atoms with van der Waals surface area (Å²) in [7, 11) is 0. The van der Waals surface area contributed by atoms with Crippen LogP contribution in [0.5, 0.6) is 0 Å². The topological polar surface area (TPSA) is 19.6 Å². The minimum absolute atomic E-state index is 0.0137. The van der Waals surface area contributed by atoms with Crippen molar-refractivity contribution in [2.45, 2.75) is 194 Å². The SMILES string of the molecule is Cc1cccc(C)c1-c1cc(N(c2ccc3c(c2)C(C)(C)CCC3(C)C)c2ccc3c(c2)C(C)(C)CCC3(C)C)cc(N(c2ccc(C(C)(C)C)cc2-c2ccccc2)c2cccc3oc4cc5c(cc4c23)C(C)(C)CCC5(C)C)c1.